The molecule has 0 radical (unpaired) electrons. The van der Waals surface area contributed by atoms with Gasteiger partial charge in [0.05, 0.1) is 13.2 Å². The number of carbonyl (C=O) groups excluding carboxylic acids is 1. The molecule has 0 spiro atoms. The molecule has 0 aromatic heterocycles. The Balaban J connectivity index is 1.67. The lowest BCUT2D eigenvalue weighted by molar-refractivity contribution is -0.207. The number of ketones is 1. The van der Waals surface area contributed by atoms with Crippen LogP contribution in [-0.2, 0) is 27.5 Å². The molecule has 3 N–H and O–H groups in total. The Morgan fingerprint density at radius 3 is 1.77 bits per heavy atom. The van der Waals surface area contributed by atoms with Crippen molar-refractivity contribution in [3.63, 3.8) is 0 Å². The molecule has 26 heavy (non-hydrogen) atoms. The number of carbonyl (C=O) groups is 1. The molecule has 0 bridgehead atoms. The summed E-state index contributed by atoms with van der Waals surface area (Å²) in [4.78, 5) is 12.2. The summed E-state index contributed by atoms with van der Waals surface area (Å²) in [5.41, 5.74) is 1.68. The minimum Gasteiger partial charge on any atom is -0.387 e. The minimum atomic E-state index is -1.67. The first-order chi connectivity index (χ1) is 12.6. The summed E-state index contributed by atoms with van der Waals surface area (Å²) in [6.07, 6.45) is -6.97. The molecule has 138 valence electrons. The van der Waals surface area contributed by atoms with Gasteiger partial charge in [0.2, 0.25) is 0 Å². The SMILES string of the molecule is O=C1[C@@H](OCc2ccccc2)[C@@H](O)[C@H](OCc2ccccc2)[C@@H](O)[C@H]1O. The van der Waals surface area contributed by atoms with Gasteiger partial charge in [0.25, 0.3) is 0 Å². The van der Waals surface area contributed by atoms with Gasteiger partial charge in [-0.2, -0.15) is 0 Å². The number of aliphatic hydroxyl groups is 3. The first-order valence-corrected chi connectivity index (χ1v) is 8.47. The Bertz CT molecular complexity index is 705. The van der Waals surface area contributed by atoms with Gasteiger partial charge >= 0.3 is 0 Å². The Kier molecular flexibility index (Phi) is 6.13. The summed E-state index contributed by atoms with van der Waals surface area (Å²) >= 11 is 0. The van der Waals surface area contributed by atoms with E-state index >= 15 is 0 Å². The van der Waals surface area contributed by atoms with E-state index in [0.29, 0.717) is 0 Å². The second kappa shape index (κ2) is 8.53. The van der Waals surface area contributed by atoms with Gasteiger partial charge in [-0.3, -0.25) is 4.79 Å². The summed E-state index contributed by atoms with van der Waals surface area (Å²) in [5.74, 6) is -0.750. The molecular weight excluding hydrogens is 336 g/mol. The van der Waals surface area contributed by atoms with Crippen LogP contribution in [0, 0.1) is 0 Å². The number of hydrogen-bond acceptors (Lipinski definition) is 6. The van der Waals surface area contributed by atoms with E-state index in [2.05, 4.69) is 0 Å². The third kappa shape index (κ3) is 4.17. The molecule has 0 aliphatic heterocycles. The van der Waals surface area contributed by atoms with Crippen LogP contribution in [0.2, 0.25) is 0 Å². The zero-order chi connectivity index (χ0) is 18.5. The van der Waals surface area contributed by atoms with Crippen LogP contribution in [0.25, 0.3) is 0 Å². The smallest absolute Gasteiger partial charge is 0.195 e. The Morgan fingerprint density at radius 2 is 1.23 bits per heavy atom. The quantitative estimate of drug-likeness (QED) is 0.708. The Labute approximate surface area is 151 Å². The summed E-state index contributed by atoms with van der Waals surface area (Å²) in [6.45, 7) is 0.231. The molecule has 1 aliphatic carbocycles. The van der Waals surface area contributed by atoms with Crippen LogP contribution in [0.3, 0.4) is 0 Å². The fraction of sp³-hybridized carbons (Fsp3) is 0.350. The maximum absolute atomic E-state index is 12.2. The van der Waals surface area contributed by atoms with Crippen LogP contribution < -0.4 is 0 Å². The number of hydrogen-bond donors (Lipinski definition) is 3. The summed E-state index contributed by atoms with van der Waals surface area (Å²) in [6, 6.07) is 18.4. The lowest BCUT2D eigenvalue weighted by atomic mass is 9.86. The van der Waals surface area contributed by atoms with Crippen molar-refractivity contribution < 1.29 is 29.6 Å². The molecule has 1 saturated carbocycles. The van der Waals surface area contributed by atoms with E-state index in [1.165, 1.54) is 0 Å². The van der Waals surface area contributed by atoms with Gasteiger partial charge in [0.15, 0.2) is 5.78 Å². The van der Waals surface area contributed by atoms with Gasteiger partial charge in [-0.15, -0.1) is 0 Å². The van der Waals surface area contributed by atoms with Crippen molar-refractivity contribution in [1.29, 1.82) is 0 Å². The Hall–Kier alpha value is -2.09. The van der Waals surface area contributed by atoms with Crippen molar-refractivity contribution in [2.75, 3.05) is 0 Å². The molecule has 6 nitrogen and oxygen atoms in total. The minimum absolute atomic E-state index is 0.0997. The lowest BCUT2D eigenvalue weighted by Crippen LogP contribution is -2.63. The van der Waals surface area contributed by atoms with Crippen molar-refractivity contribution in [2.24, 2.45) is 0 Å². The van der Waals surface area contributed by atoms with Crippen molar-refractivity contribution in [2.45, 2.75) is 43.7 Å². The molecule has 1 aliphatic rings. The molecule has 6 heteroatoms. The Morgan fingerprint density at radius 1 is 0.731 bits per heavy atom. The fourth-order valence-corrected chi connectivity index (χ4v) is 2.96. The van der Waals surface area contributed by atoms with Crippen molar-refractivity contribution in [1.82, 2.24) is 0 Å². The van der Waals surface area contributed by atoms with E-state index in [4.69, 9.17) is 9.47 Å². The van der Waals surface area contributed by atoms with E-state index in [9.17, 15) is 20.1 Å². The van der Waals surface area contributed by atoms with Gasteiger partial charge in [0.1, 0.15) is 30.5 Å². The molecule has 1 fully saturated rings. The number of benzene rings is 2. The van der Waals surface area contributed by atoms with Gasteiger partial charge in [-0.1, -0.05) is 60.7 Å². The maximum Gasteiger partial charge on any atom is 0.195 e. The van der Waals surface area contributed by atoms with Crippen molar-refractivity contribution in [3.8, 4) is 0 Å². The summed E-state index contributed by atoms with van der Waals surface area (Å²) in [7, 11) is 0. The molecule has 0 amide bonds. The van der Waals surface area contributed by atoms with Crippen molar-refractivity contribution >= 4 is 5.78 Å². The highest BCUT2D eigenvalue weighted by atomic mass is 16.5. The molecule has 2 aromatic carbocycles. The predicted molar refractivity (Wildman–Crippen MR) is 93.1 cm³/mol. The standard InChI is InChI=1S/C20H22O6/c21-15-16(22)19(25-11-13-7-3-1-4-8-13)18(24)20(17(15)23)26-12-14-9-5-2-6-10-14/h1-10,15-16,18-22,24H,11-12H2/t15-,16+,18+,19-,20-/m1/s1. The molecular formula is C20H22O6. The molecule has 0 saturated heterocycles. The third-order valence-electron chi connectivity index (χ3n) is 4.44. The van der Waals surface area contributed by atoms with Crippen LogP contribution in [0.5, 0.6) is 0 Å². The van der Waals surface area contributed by atoms with Crippen LogP contribution >= 0.6 is 0 Å². The molecule has 5 atom stereocenters. The molecule has 3 rings (SSSR count). The number of Topliss-reactive ketones (excluding diaryl/α,β-unsaturated/α-hetero) is 1. The topological polar surface area (TPSA) is 96.2 Å². The predicted octanol–water partition coefficient (Wildman–Crippen LogP) is 0.823. The molecule has 2 aromatic rings. The molecule has 0 heterocycles. The van der Waals surface area contributed by atoms with Crippen molar-refractivity contribution in [3.05, 3.63) is 71.8 Å². The first kappa shape index (κ1) is 18.7. The van der Waals surface area contributed by atoms with E-state index in [1.807, 2.05) is 60.7 Å². The lowest BCUT2D eigenvalue weighted by Gasteiger charge is -2.39. The molecule has 0 unspecified atom stereocenters. The maximum atomic E-state index is 12.2. The van der Waals surface area contributed by atoms with Crippen LogP contribution in [0.1, 0.15) is 11.1 Å². The van der Waals surface area contributed by atoms with Gasteiger partial charge in [-0.25, -0.2) is 0 Å². The fourth-order valence-electron chi connectivity index (χ4n) is 2.96. The average Bonchev–Trinajstić information content (AvgIpc) is 2.68. The second-order valence-corrected chi connectivity index (χ2v) is 6.31. The van der Waals surface area contributed by atoms with Crippen LogP contribution in [0.15, 0.2) is 60.7 Å². The zero-order valence-electron chi connectivity index (χ0n) is 14.1. The van der Waals surface area contributed by atoms with E-state index in [-0.39, 0.29) is 13.2 Å². The largest absolute Gasteiger partial charge is 0.387 e. The highest BCUT2D eigenvalue weighted by Crippen LogP contribution is 2.25. The van der Waals surface area contributed by atoms with Crippen LogP contribution in [-0.4, -0.2) is 51.6 Å². The monoisotopic (exact) mass is 358 g/mol. The van der Waals surface area contributed by atoms with E-state index < -0.39 is 36.3 Å². The van der Waals surface area contributed by atoms with Crippen LogP contribution in [0.4, 0.5) is 0 Å². The highest BCUT2D eigenvalue weighted by molar-refractivity contribution is 5.89. The van der Waals surface area contributed by atoms with Gasteiger partial charge < -0.3 is 24.8 Å². The van der Waals surface area contributed by atoms with Gasteiger partial charge in [0, 0.05) is 0 Å². The number of rotatable bonds is 6. The second-order valence-electron chi connectivity index (χ2n) is 6.31. The third-order valence-corrected chi connectivity index (χ3v) is 4.44. The van der Waals surface area contributed by atoms with E-state index in [1.54, 1.807) is 0 Å². The highest BCUT2D eigenvalue weighted by Gasteiger charge is 2.50. The van der Waals surface area contributed by atoms with E-state index in [0.717, 1.165) is 11.1 Å². The zero-order valence-corrected chi connectivity index (χ0v) is 14.1. The summed E-state index contributed by atoms with van der Waals surface area (Å²) < 4.78 is 11.1. The average molecular weight is 358 g/mol. The van der Waals surface area contributed by atoms with Gasteiger partial charge in [-0.05, 0) is 11.1 Å². The number of ether oxygens (including phenoxy) is 2. The normalized spacial score (nSPS) is 28.9. The first-order valence-electron chi connectivity index (χ1n) is 8.47. The number of aliphatic hydroxyl groups excluding tert-OH is 3. The summed E-state index contributed by atoms with van der Waals surface area (Å²) in [5, 5.41) is 30.7.